The highest BCUT2D eigenvalue weighted by molar-refractivity contribution is 5.97. The minimum absolute atomic E-state index is 0.0214. The average Bonchev–Trinajstić information content (AvgIpc) is 2.75. The maximum absolute atomic E-state index is 12.1. The fourth-order valence-corrected chi connectivity index (χ4v) is 2.53. The minimum atomic E-state index is -0.228. The molecule has 2 N–H and O–H groups in total. The van der Waals surface area contributed by atoms with Gasteiger partial charge in [-0.3, -0.25) is 9.69 Å². The third-order valence-electron chi connectivity index (χ3n) is 3.60. The zero-order valence-corrected chi connectivity index (χ0v) is 9.79. The lowest BCUT2D eigenvalue weighted by Crippen LogP contribution is -3.17. The second kappa shape index (κ2) is 4.82. The normalized spacial score (nSPS) is 24.3. The van der Waals surface area contributed by atoms with E-state index in [1.807, 2.05) is 6.92 Å². The van der Waals surface area contributed by atoms with Crippen molar-refractivity contribution in [2.24, 2.45) is 0 Å². The van der Waals surface area contributed by atoms with Gasteiger partial charge in [0.05, 0.1) is 13.1 Å². The molecule has 5 heteroatoms. The van der Waals surface area contributed by atoms with Gasteiger partial charge in [0.25, 0.3) is 5.91 Å². The van der Waals surface area contributed by atoms with E-state index in [9.17, 15) is 9.59 Å². The highest BCUT2D eigenvalue weighted by Crippen LogP contribution is 2.01. The van der Waals surface area contributed by atoms with Crippen molar-refractivity contribution < 1.29 is 14.5 Å². The Morgan fingerprint density at radius 2 is 2.06 bits per heavy atom. The fraction of sp³-hybridized carbons (Fsp3) is 0.818. The molecular formula is C11H20N3O2+. The molecular weight excluding hydrogens is 206 g/mol. The number of piperidine rings is 1. The smallest absolute Gasteiger partial charge is 0.324 e. The maximum Gasteiger partial charge on any atom is 0.324 e. The average molecular weight is 226 g/mol. The molecule has 0 spiro atoms. The summed E-state index contributed by atoms with van der Waals surface area (Å²) in [4.78, 5) is 26.2. The minimum Gasteiger partial charge on any atom is -0.336 e. The summed E-state index contributed by atoms with van der Waals surface area (Å²) in [7, 11) is 0. The van der Waals surface area contributed by atoms with Gasteiger partial charge in [0.15, 0.2) is 6.04 Å². The maximum atomic E-state index is 12.1. The quantitative estimate of drug-likeness (QED) is 0.634. The number of carbonyl (C=O) groups excluding carboxylic acids is 2. The van der Waals surface area contributed by atoms with Crippen LogP contribution in [-0.2, 0) is 4.79 Å². The number of hydrogen-bond donors (Lipinski definition) is 2. The van der Waals surface area contributed by atoms with Crippen molar-refractivity contribution in [1.82, 2.24) is 10.2 Å². The number of nitrogens with one attached hydrogen (secondary N) is 2. The molecule has 0 bridgehead atoms. The van der Waals surface area contributed by atoms with E-state index >= 15 is 0 Å². The van der Waals surface area contributed by atoms with Crippen LogP contribution < -0.4 is 10.2 Å². The Kier molecular flexibility index (Phi) is 3.43. The molecule has 2 aliphatic heterocycles. The highest BCUT2D eigenvalue weighted by atomic mass is 16.2. The summed E-state index contributed by atoms with van der Waals surface area (Å²) in [5.41, 5.74) is 0. The van der Waals surface area contributed by atoms with E-state index in [0.717, 1.165) is 13.1 Å². The summed E-state index contributed by atoms with van der Waals surface area (Å²) in [6.07, 6.45) is 3.66. The molecule has 2 saturated heterocycles. The van der Waals surface area contributed by atoms with Gasteiger partial charge in [-0.25, -0.2) is 4.79 Å². The first-order chi connectivity index (χ1) is 7.70. The first-order valence-corrected chi connectivity index (χ1v) is 6.14. The Hall–Kier alpha value is -1.10. The van der Waals surface area contributed by atoms with Crippen LogP contribution >= 0.6 is 0 Å². The third-order valence-corrected chi connectivity index (χ3v) is 3.60. The first kappa shape index (κ1) is 11.4. The van der Waals surface area contributed by atoms with Crippen molar-refractivity contribution in [3.63, 3.8) is 0 Å². The molecule has 90 valence electrons. The largest absolute Gasteiger partial charge is 0.336 e. The van der Waals surface area contributed by atoms with Crippen molar-refractivity contribution in [1.29, 1.82) is 0 Å². The molecule has 16 heavy (non-hydrogen) atoms. The van der Waals surface area contributed by atoms with E-state index in [1.165, 1.54) is 29.1 Å². The second-order valence-corrected chi connectivity index (χ2v) is 4.66. The van der Waals surface area contributed by atoms with E-state index in [1.54, 1.807) is 0 Å². The lowest BCUT2D eigenvalue weighted by atomic mass is 10.1. The molecule has 2 rings (SSSR count). The zero-order chi connectivity index (χ0) is 11.5. The molecule has 0 unspecified atom stereocenters. The van der Waals surface area contributed by atoms with Crippen molar-refractivity contribution in [3.05, 3.63) is 0 Å². The van der Waals surface area contributed by atoms with Gasteiger partial charge in [-0.15, -0.1) is 0 Å². The Morgan fingerprint density at radius 1 is 1.38 bits per heavy atom. The molecule has 1 atom stereocenters. The number of carbonyl (C=O) groups is 2. The Bertz CT molecular complexity index is 287. The Balaban J connectivity index is 1.95. The summed E-state index contributed by atoms with van der Waals surface area (Å²) in [6, 6.07) is -0.308. The summed E-state index contributed by atoms with van der Waals surface area (Å²) in [5, 5.41) is 2.67. The van der Waals surface area contributed by atoms with Crippen LogP contribution in [0.5, 0.6) is 0 Å². The molecule has 5 nitrogen and oxygen atoms in total. The van der Waals surface area contributed by atoms with Crippen LogP contribution in [0.2, 0.25) is 0 Å². The van der Waals surface area contributed by atoms with E-state index in [0.29, 0.717) is 13.1 Å². The van der Waals surface area contributed by atoms with Gasteiger partial charge >= 0.3 is 6.03 Å². The van der Waals surface area contributed by atoms with Gasteiger partial charge < -0.3 is 10.2 Å². The monoisotopic (exact) mass is 226 g/mol. The molecule has 2 heterocycles. The summed E-state index contributed by atoms with van der Waals surface area (Å²) >= 11 is 0. The fourth-order valence-electron chi connectivity index (χ4n) is 2.53. The van der Waals surface area contributed by atoms with Crippen LogP contribution in [0.3, 0.4) is 0 Å². The lowest BCUT2D eigenvalue weighted by molar-refractivity contribution is -0.919. The summed E-state index contributed by atoms with van der Waals surface area (Å²) in [5.74, 6) is -0.0214. The molecule has 3 amide bonds. The number of urea groups is 1. The van der Waals surface area contributed by atoms with Crippen molar-refractivity contribution >= 4 is 11.9 Å². The van der Waals surface area contributed by atoms with Crippen molar-refractivity contribution in [2.75, 3.05) is 26.2 Å². The zero-order valence-electron chi connectivity index (χ0n) is 9.79. The van der Waals surface area contributed by atoms with Gasteiger partial charge in [-0.2, -0.15) is 0 Å². The van der Waals surface area contributed by atoms with Crippen LogP contribution in [-0.4, -0.2) is 49.1 Å². The standard InChI is InChI=1S/C11H19N3O2/c1-9(13-6-3-2-4-7-13)10(15)14-8-5-12-11(14)16/h9H,2-8H2,1H3,(H,12,16)/p+1/t9-/m0/s1. The molecule has 0 aromatic heterocycles. The molecule has 0 aromatic rings. The first-order valence-electron chi connectivity index (χ1n) is 6.14. The topological polar surface area (TPSA) is 53.9 Å². The second-order valence-electron chi connectivity index (χ2n) is 4.66. The number of likely N-dealkylation sites (tertiary alicyclic amines) is 1. The molecule has 2 aliphatic rings. The third kappa shape index (κ3) is 2.19. The Morgan fingerprint density at radius 3 is 2.62 bits per heavy atom. The van der Waals surface area contributed by atoms with Gasteiger partial charge in [-0.05, 0) is 26.2 Å². The van der Waals surface area contributed by atoms with Gasteiger partial charge in [0, 0.05) is 13.1 Å². The number of rotatable bonds is 2. The summed E-state index contributed by atoms with van der Waals surface area (Å²) in [6.45, 7) is 5.17. The number of hydrogen-bond acceptors (Lipinski definition) is 2. The molecule has 2 fully saturated rings. The highest BCUT2D eigenvalue weighted by Gasteiger charge is 2.35. The van der Waals surface area contributed by atoms with Crippen LogP contribution in [0, 0.1) is 0 Å². The number of amides is 3. The predicted molar refractivity (Wildman–Crippen MR) is 59.1 cm³/mol. The molecule has 0 radical (unpaired) electrons. The van der Waals surface area contributed by atoms with Crippen LogP contribution in [0.1, 0.15) is 26.2 Å². The van der Waals surface area contributed by atoms with E-state index in [2.05, 4.69) is 5.32 Å². The van der Waals surface area contributed by atoms with E-state index in [4.69, 9.17) is 0 Å². The number of nitrogens with zero attached hydrogens (tertiary/aromatic N) is 1. The van der Waals surface area contributed by atoms with Crippen molar-refractivity contribution in [2.45, 2.75) is 32.2 Å². The van der Waals surface area contributed by atoms with Gasteiger partial charge in [0.2, 0.25) is 0 Å². The van der Waals surface area contributed by atoms with Crippen molar-refractivity contribution in [3.8, 4) is 0 Å². The van der Waals surface area contributed by atoms with Crippen LogP contribution in [0.25, 0.3) is 0 Å². The SMILES string of the molecule is C[C@@H](C(=O)N1CCNC1=O)[NH+]1CCCCC1. The number of quaternary nitrogens is 1. The van der Waals surface area contributed by atoms with Crippen LogP contribution in [0.4, 0.5) is 4.79 Å². The van der Waals surface area contributed by atoms with E-state index < -0.39 is 0 Å². The molecule has 0 aromatic carbocycles. The predicted octanol–water partition coefficient (Wildman–Crippen LogP) is -1.00. The molecule has 0 saturated carbocycles. The molecule has 0 aliphatic carbocycles. The van der Waals surface area contributed by atoms with Gasteiger partial charge in [-0.1, -0.05) is 0 Å². The summed E-state index contributed by atoms with van der Waals surface area (Å²) < 4.78 is 0. The Labute approximate surface area is 95.8 Å². The van der Waals surface area contributed by atoms with E-state index in [-0.39, 0.29) is 18.0 Å². The van der Waals surface area contributed by atoms with Crippen LogP contribution in [0.15, 0.2) is 0 Å². The number of imide groups is 1. The lowest BCUT2D eigenvalue weighted by Gasteiger charge is -2.29. The van der Waals surface area contributed by atoms with Gasteiger partial charge in [0.1, 0.15) is 0 Å².